The Bertz CT molecular complexity index is 699. The molecular formula is C23H33N3O2S. The van der Waals surface area contributed by atoms with Gasteiger partial charge in [-0.25, -0.2) is 0 Å². The number of carbonyl (C=O) groups excluding carboxylic acids is 2. The molecule has 1 aromatic carbocycles. The predicted molar refractivity (Wildman–Crippen MR) is 118 cm³/mol. The van der Waals surface area contributed by atoms with Crippen LogP contribution in [-0.4, -0.2) is 64.8 Å². The van der Waals surface area contributed by atoms with Gasteiger partial charge in [-0.2, -0.15) is 11.8 Å². The standard InChI is InChI=1S/C23H33N3O2S/c27-20-10-4-7-13-26(20)21(19-8-2-1-3-9-19)22(28)24-18-23(11-5-6-12-23)25-14-16-29-17-15-25/h1-3,8-9,21H,4-7,10-18H2,(H,24,28). The summed E-state index contributed by atoms with van der Waals surface area (Å²) in [6, 6.07) is 9.29. The van der Waals surface area contributed by atoms with Crippen LogP contribution in [0.2, 0.25) is 0 Å². The van der Waals surface area contributed by atoms with E-state index in [2.05, 4.69) is 10.2 Å². The fraction of sp³-hybridized carbons (Fsp3) is 0.652. The molecule has 29 heavy (non-hydrogen) atoms. The van der Waals surface area contributed by atoms with E-state index in [1.165, 1.54) is 24.3 Å². The van der Waals surface area contributed by atoms with Gasteiger partial charge in [-0.1, -0.05) is 43.2 Å². The lowest BCUT2D eigenvalue weighted by molar-refractivity contribution is -0.143. The minimum atomic E-state index is -0.514. The Morgan fingerprint density at radius 3 is 2.45 bits per heavy atom. The van der Waals surface area contributed by atoms with E-state index < -0.39 is 6.04 Å². The van der Waals surface area contributed by atoms with Crippen molar-refractivity contribution in [2.75, 3.05) is 37.7 Å². The van der Waals surface area contributed by atoms with E-state index in [1.54, 1.807) is 4.90 Å². The predicted octanol–water partition coefficient (Wildman–Crippen LogP) is 3.22. The molecule has 4 rings (SSSR count). The van der Waals surface area contributed by atoms with Crippen molar-refractivity contribution in [2.45, 2.75) is 56.5 Å². The molecule has 2 heterocycles. The third-order valence-corrected chi connectivity index (χ3v) is 7.79. The van der Waals surface area contributed by atoms with Gasteiger partial charge in [0.2, 0.25) is 11.8 Å². The summed E-state index contributed by atoms with van der Waals surface area (Å²) in [4.78, 5) is 30.5. The number of benzene rings is 1. The monoisotopic (exact) mass is 415 g/mol. The van der Waals surface area contributed by atoms with Crippen LogP contribution in [0.3, 0.4) is 0 Å². The molecule has 158 valence electrons. The number of amides is 2. The van der Waals surface area contributed by atoms with Crippen molar-refractivity contribution in [1.82, 2.24) is 15.1 Å². The molecule has 6 heteroatoms. The van der Waals surface area contributed by atoms with Gasteiger partial charge in [0.05, 0.1) is 0 Å². The second-order valence-corrected chi connectivity index (χ2v) is 9.83. The summed E-state index contributed by atoms with van der Waals surface area (Å²) >= 11 is 2.03. The summed E-state index contributed by atoms with van der Waals surface area (Å²) in [5.41, 5.74) is 1.01. The molecule has 0 radical (unpaired) electrons. The van der Waals surface area contributed by atoms with Crippen LogP contribution in [0.1, 0.15) is 56.6 Å². The van der Waals surface area contributed by atoms with Gasteiger partial charge in [-0.15, -0.1) is 0 Å². The molecule has 1 atom stereocenters. The molecule has 2 saturated heterocycles. The van der Waals surface area contributed by atoms with E-state index in [-0.39, 0.29) is 17.4 Å². The van der Waals surface area contributed by atoms with Crippen molar-refractivity contribution < 1.29 is 9.59 Å². The Balaban J connectivity index is 1.50. The molecule has 3 aliphatic rings. The number of hydrogen-bond acceptors (Lipinski definition) is 4. The first-order valence-corrected chi connectivity index (χ1v) is 12.3. The second-order valence-electron chi connectivity index (χ2n) is 8.61. The minimum Gasteiger partial charge on any atom is -0.352 e. The SMILES string of the molecule is O=C(NCC1(N2CCSCC2)CCCC1)C(c1ccccc1)N1CCCCC1=O. The number of nitrogens with one attached hydrogen (secondary N) is 1. The Morgan fingerprint density at radius 1 is 1.03 bits per heavy atom. The first kappa shape index (κ1) is 20.7. The fourth-order valence-corrected chi connectivity index (χ4v) is 6.13. The first-order valence-electron chi connectivity index (χ1n) is 11.1. The topological polar surface area (TPSA) is 52.7 Å². The van der Waals surface area contributed by atoms with Gasteiger partial charge in [-0.3, -0.25) is 14.5 Å². The molecule has 2 aliphatic heterocycles. The van der Waals surface area contributed by atoms with E-state index >= 15 is 0 Å². The lowest BCUT2D eigenvalue weighted by Gasteiger charge is -2.44. The zero-order valence-corrected chi connectivity index (χ0v) is 18.1. The van der Waals surface area contributed by atoms with Crippen molar-refractivity contribution in [2.24, 2.45) is 0 Å². The highest BCUT2D eigenvalue weighted by atomic mass is 32.2. The van der Waals surface area contributed by atoms with Crippen molar-refractivity contribution in [1.29, 1.82) is 0 Å². The highest BCUT2D eigenvalue weighted by Gasteiger charge is 2.41. The molecule has 1 aliphatic carbocycles. The number of hydrogen-bond donors (Lipinski definition) is 1. The molecule has 1 saturated carbocycles. The number of likely N-dealkylation sites (tertiary alicyclic amines) is 1. The number of nitrogens with zero attached hydrogens (tertiary/aromatic N) is 2. The third-order valence-electron chi connectivity index (χ3n) is 6.84. The van der Waals surface area contributed by atoms with Crippen molar-refractivity contribution >= 4 is 23.6 Å². The quantitative estimate of drug-likeness (QED) is 0.775. The smallest absolute Gasteiger partial charge is 0.247 e. The third kappa shape index (κ3) is 4.64. The zero-order chi connectivity index (χ0) is 20.1. The molecule has 2 amide bonds. The van der Waals surface area contributed by atoms with Gasteiger partial charge in [-0.05, 0) is 31.2 Å². The van der Waals surface area contributed by atoms with Crippen LogP contribution in [0.15, 0.2) is 30.3 Å². The van der Waals surface area contributed by atoms with Gasteiger partial charge in [0.25, 0.3) is 0 Å². The van der Waals surface area contributed by atoms with E-state index in [0.717, 1.165) is 44.3 Å². The van der Waals surface area contributed by atoms with E-state index in [4.69, 9.17) is 0 Å². The normalized spacial score (nSPS) is 23.7. The average Bonchev–Trinajstić information content (AvgIpc) is 3.26. The summed E-state index contributed by atoms with van der Waals surface area (Å²) in [6.45, 7) is 3.60. The summed E-state index contributed by atoms with van der Waals surface area (Å²) in [6.07, 6.45) is 7.25. The fourth-order valence-electron chi connectivity index (χ4n) is 5.23. The van der Waals surface area contributed by atoms with Gasteiger partial charge in [0, 0.05) is 49.6 Å². The zero-order valence-electron chi connectivity index (χ0n) is 17.3. The van der Waals surface area contributed by atoms with Crippen LogP contribution >= 0.6 is 11.8 Å². The van der Waals surface area contributed by atoms with Gasteiger partial charge < -0.3 is 10.2 Å². The summed E-state index contributed by atoms with van der Waals surface area (Å²) in [7, 11) is 0. The number of thioether (sulfide) groups is 1. The Labute approximate surface area is 178 Å². The number of rotatable bonds is 6. The van der Waals surface area contributed by atoms with Crippen LogP contribution in [0.25, 0.3) is 0 Å². The van der Waals surface area contributed by atoms with Gasteiger partial charge in [0.1, 0.15) is 6.04 Å². The number of piperidine rings is 1. The molecular weight excluding hydrogens is 382 g/mol. The molecule has 1 aromatic rings. The molecule has 5 nitrogen and oxygen atoms in total. The van der Waals surface area contributed by atoms with Crippen LogP contribution < -0.4 is 5.32 Å². The van der Waals surface area contributed by atoms with E-state index in [9.17, 15) is 9.59 Å². The van der Waals surface area contributed by atoms with Crippen LogP contribution in [0.5, 0.6) is 0 Å². The van der Waals surface area contributed by atoms with Crippen LogP contribution in [0, 0.1) is 0 Å². The molecule has 3 fully saturated rings. The summed E-state index contributed by atoms with van der Waals surface area (Å²) in [5, 5.41) is 3.30. The van der Waals surface area contributed by atoms with Crippen LogP contribution in [-0.2, 0) is 9.59 Å². The largest absolute Gasteiger partial charge is 0.352 e. The first-order chi connectivity index (χ1) is 14.2. The average molecular weight is 416 g/mol. The maximum absolute atomic E-state index is 13.4. The maximum atomic E-state index is 13.4. The maximum Gasteiger partial charge on any atom is 0.247 e. The molecule has 1 unspecified atom stereocenters. The van der Waals surface area contributed by atoms with Crippen molar-refractivity contribution in [3.05, 3.63) is 35.9 Å². The number of carbonyl (C=O) groups is 2. The lowest BCUT2D eigenvalue weighted by Crippen LogP contribution is -2.57. The van der Waals surface area contributed by atoms with E-state index in [1.807, 2.05) is 42.1 Å². The Kier molecular flexibility index (Phi) is 6.81. The lowest BCUT2D eigenvalue weighted by atomic mass is 9.93. The summed E-state index contributed by atoms with van der Waals surface area (Å²) in [5.74, 6) is 2.45. The Morgan fingerprint density at radius 2 is 1.76 bits per heavy atom. The molecule has 0 bridgehead atoms. The highest BCUT2D eigenvalue weighted by molar-refractivity contribution is 7.99. The second kappa shape index (κ2) is 9.52. The van der Waals surface area contributed by atoms with E-state index in [0.29, 0.717) is 19.5 Å². The van der Waals surface area contributed by atoms with Gasteiger partial charge >= 0.3 is 0 Å². The van der Waals surface area contributed by atoms with Gasteiger partial charge in [0.15, 0.2) is 0 Å². The minimum absolute atomic E-state index is 0.0240. The van der Waals surface area contributed by atoms with Crippen molar-refractivity contribution in [3.63, 3.8) is 0 Å². The molecule has 0 aromatic heterocycles. The van der Waals surface area contributed by atoms with Crippen LogP contribution in [0.4, 0.5) is 0 Å². The van der Waals surface area contributed by atoms with Crippen molar-refractivity contribution in [3.8, 4) is 0 Å². The molecule has 1 N–H and O–H groups in total. The molecule has 0 spiro atoms. The summed E-state index contributed by atoms with van der Waals surface area (Å²) < 4.78 is 0. The Hall–Kier alpha value is -1.53. The highest BCUT2D eigenvalue weighted by Crippen LogP contribution is 2.36.